The zero-order valence-electron chi connectivity index (χ0n) is 14.9. The molecule has 0 unspecified atom stereocenters. The number of rotatable bonds is 7. The molecule has 0 aliphatic carbocycles. The minimum absolute atomic E-state index is 0.00456. The highest BCUT2D eigenvalue weighted by Gasteiger charge is 2.27. The van der Waals surface area contributed by atoms with Crippen molar-refractivity contribution in [3.8, 4) is 0 Å². The van der Waals surface area contributed by atoms with Gasteiger partial charge in [-0.2, -0.15) is 0 Å². The van der Waals surface area contributed by atoms with Crippen LogP contribution >= 0.6 is 23.2 Å². The van der Waals surface area contributed by atoms with Crippen molar-refractivity contribution in [3.63, 3.8) is 0 Å². The second-order valence-electron chi connectivity index (χ2n) is 6.25. The summed E-state index contributed by atoms with van der Waals surface area (Å²) in [7, 11) is 1.50. The molecule has 3 rings (SSSR count). The van der Waals surface area contributed by atoms with Gasteiger partial charge in [-0.1, -0.05) is 64.8 Å². The summed E-state index contributed by atoms with van der Waals surface area (Å²) in [5.41, 5.74) is 2.50. The molecule has 0 aromatic heterocycles. The molecule has 0 saturated carbocycles. The number of methoxy groups -OCH3 is 1. The SMILES string of the molecule is COCC(=O)N(Cc1ccccc1Cl)C[C@H]1CC(c2ccccc2Cl)=NO1. The van der Waals surface area contributed by atoms with Crippen LogP contribution < -0.4 is 0 Å². The number of hydrogen-bond donors (Lipinski definition) is 0. The predicted octanol–water partition coefficient (Wildman–Crippen LogP) is 4.16. The van der Waals surface area contributed by atoms with Crippen molar-refractivity contribution in [2.75, 3.05) is 20.3 Å². The Labute approximate surface area is 168 Å². The Kier molecular flexibility index (Phi) is 6.72. The molecule has 1 aliphatic heterocycles. The Hall–Kier alpha value is -2.08. The van der Waals surface area contributed by atoms with Gasteiger partial charge in [-0.15, -0.1) is 0 Å². The van der Waals surface area contributed by atoms with Crippen LogP contribution in [0.5, 0.6) is 0 Å². The van der Waals surface area contributed by atoms with Crippen molar-refractivity contribution in [3.05, 3.63) is 69.7 Å². The van der Waals surface area contributed by atoms with Gasteiger partial charge in [-0.3, -0.25) is 4.79 Å². The normalized spacial score (nSPS) is 16.0. The number of hydrogen-bond acceptors (Lipinski definition) is 4. The summed E-state index contributed by atoms with van der Waals surface area (Å²) >= 11 is 12.5. The maximum Gasteiger partial charge on any atom is 0.248 e. The lowest BCUT2D eigenvalue weighted by Crippen LogP contribution is -2.39. The molecule has 0 spiro atoms. The van der Waals surface area contributed by atoms with Gasteiger partial charge < -0.3 is 14.5 Å². The van der Waals surface area contributed by atoms with Gasteiger partial charge in [0, 0.05) is 35.7 Å². The number of carbonyl (C=O) groups is 1. The second-order valence-corrected chi connectivity index (χ2v) is 7.06. The molecule has 0 radical (unpaired) electrons. The largest absolute Gasteiger partial charge is 0.390 e. The highest BCUT2D eigenvalue weighted by molar-refractivity contribution is 6.34. The summed E-state index contributed by atoms with van der Waals surface area (Å²) < 4.78 is 5.01. The van der Waals surface area contributed by atoms with Crippen molar-refractivity contribution < 1.29 is 14.4 Å². The van der Waals surface area contributed by atoms with E-state index in [1.807, 2.05) is 42.5 Å². The highest BCUT2D eigenvalue weighted by atomic mass is 35.5. The van der Waals surface area contributed by atoms with Gasteiger partial charge in [-0.05, 0) is 17.7 Å². The number of carbonyl (C=O) groups excluding carboxylic acids is 1. The molecule has 0 saturated heterocycles. The van der Waals surface area contributed by atoms with Crippen LogP contribution in [-0.2, 0) is 20.9 Å². The lowest BCUT2D eigenvalue weighted by molar-refractivity contribution is -0.137. The molecule has 1 heterocycles. The van der Waals surface area contributed by atoms with E-state index < -0.39 is 0 Å². The Bertz CT molecular complexity index is 841. The molecule has 5 nitrogen and oxygen atoms in total. The molecule has 1 aliphatic rings. The van der Waals surface area contributed by atoms with Crippen molar-refractivity contribution in [2.24, 2.45) is 5.16 Å². The topological polar surface area (TPSA) is 51.1 Å². The number of halogens is 2. The van der Waals surface area contributed by atoms with Crippen LogP contribution in [0.25, 0.3) is 0 Å². The second kappa shape index (κ2) is 9.22. The first-order valence-corrected chi connectivity index (χ1v) is 9.31. The third-order valence-corrected chi connectivity index (χ3v) is 4.98. The van der Waals surface area contributed by atoms with Gasteiger partial charge in [-0.25, -0.2) is 0 Å². The third kappa shape index (κ3) is 5.01. The Morgan fingerprint density at radius 3 is 2.59 bits per heavy atom. The van der Waals surface area contributed by atoms with E-state index in [4.69, 9.17) is 32.8 Å². The van der Waals surface area contributed by atoms with Gasteiger partial charge in [0.15, 0.2) is 6.10 Å². The van der Waals surface area contributed by atoms with E-state index in [0.717, 1.165) is 16.8 Å². The summed E-state index contributed by atoms with van der Waals surface area (Å²) in [6.45, 7) is 0.753. The first-order chi connectivity index (χ1) is 13.1. The summed E-state index contributed by atoms with van der Waals surface area (Å²) in [4.78, 5) is 19.7. The summed E-state index contributed by atoms with van der Waals surface area (Å²) in [5.74, 6) is -0.132. The molecular weight excluding hydrogens is 387 g/mol. The van der Waals surface area contributed by atoms with E-state index in [0.29, 0.717) is 29.6 Å². The van der Waals surface area contributed by atoms with Crippen LogP contribution in [0.3, 0.4) is 0 Å². The van der Waals surface area contributed by atoms with Crippen LogP contribution in [0, 0.1) is 0 Å². The van der Waals surface area contributed by atoms with Gasteiger partial charge >= 0.3 is 0 Å². The third-order valence-electron chi connectivity index (χ3n) is 4.28. The summed E-state index contributed by atoms with van der Waals surface area (Å²) in [6.07, 6.45) is 0.322. The van der Waals surface area contributed by atoms with Crippen LogP contribution in [0.2, 0.25) is 10.0 Å². The van der Waals surface area contributed by atoms with Crippen molar-refractivity contribution in [2.45, 2.75) is 19.1 Å². The van der Waals surface area contributed by atoms with E-state index in [2.05, 4.69) is 5.16 Å². The number of nitrogens with zero attached hydrogens (tertiary/aromatic N) is 2. The maximum atomic E-state index is 12.5. The minimum Gasteiger partial charge on any atom is -0.390 e. The average Bonchev–Trinajstić information content (AvgIpc) is 3.12. The van der Waals surface area contributed by atoms with Gasteiger partial charge in [0.1, 0.15) is 6.61 Å². The number of benzene rings is 2. The molecular formula is C20H20Cl2N2O3. The molecule has 0 N–H and O–H groups in total. The molecule has 142 valence electrons. The average molecular weight is 407 g/mol. The van der Waals surface area contributed by atoms with Crippen LogP contribution in [0.1, 0.15) is 17.5 Å². The van der Waals surface area contributed by atoms with Crippen molar-refractivity contribution >= 4 is 34.8 Å². The Morgan fingerprint density at radius 1 is 1.19 bits per heavy atom. The number of oxime groups is 1. The van der Waals surface area contributed by atoms with Gasteiger partial charge in [0.25, 0.3) is 0 Å². The van der Waals surface area contributed by atoms with Crippen molar-refractivity contribution in [1.29, 1.82) is 0 Å². The highest BCUT2D eigenvalue weighted by Crippen LogP contribution is 2.24. The fourth-order valence-electron chi connectivity index (χ4n) is 2.93. The first-order valence-electron chi connectivity index (χ1n) is 8.56. The molecule has 0 bridgehead atoms. The molecule has 1 atom stereocenters. The fourth-order valence-corrected chi connectivity index (χ4v) is 3.37. The van der Waals surface area contributed by atoms with E-state index in [-0.39, 0.29) is 18.6 Å². The van der Waals surface area contributed by atoms with Crippen LogP contribution in [0.15, 0.2) is 53.7 Å². The molecule has 2 aromatic carbocycles. The fraction of sp³-hybridized carbons (Fsp3) is 0.300. The maximum absolute atomic E-state index is 12.5. The zero-order chi connectivity index (χ0) is 19.2. The molecule has 7 heteroatoms. The molecule has 1 amide bonds. The van der Waals surface area contributed by atoms with Gasteiger partial charge in [0.2, 0.25) is 5.91 Å². The minimum atomic E-state index is -0.250. The molecule has 27 heavy (non-hydrogen) atoms. The lowest BCUT2D eigenvalue weighted by atomic mass is 10.0. The molecule has 2 aromatic rings. The van der Waals surface area contributed by atoms with Crippen LogP contribution in [-0.4, -0.2) is 42.9 Å². The monoisotopic (exact) mass is 406 g/mol. The summed E-state index contributed by atoms with van der Waals surface area (Å²) in [5, 5.41) is 5.42. The van der Waals surface area contributed by atoms with E-state index in [1.165, 1.54) is 7.11 Å². The van der Waals surface area contributed by atoms with E-state index in [1.54, 1.807) is 11.0 Å². The summed E-state index contributed by atoms with van der Waals surface area (Å²) in [6, 6.07) is 15.0. The van der Waals surface area contributed by atoms with Gasteiger partial charge in [0.05, 0.1) is 12.3 Å². The van der Waals surface area contributed by atoms with Crippen molar-refractivity contribution in [1.82, 2.24) is 4.90 Å². The number of ether oxygens (including phenoxy) is 1. The Morgan fingerprint density at radius 2 is 1.89 bits per heavy atom. The van der Waals surface area contributed by atoms with E-state index >= 15 is 0 Å². The number of amides is 1. The smallest absolute Gasteiger partial charge is 0.248 e. The predicted molar refractivity (Wildman–Crippen MR) is 106 cm³/mol. The van der Waals surface area contributed by atoms with Crippen LogP contribution in [0.4, 0.5) is 0 Å². The lowest BCUT2D eigenvalue weighted by Gasteiger charge is -2.25. The molecule has 0 fully saturated rings. The quantitative estimate of drug-likeness (QED) is 0.693. The van der Waals surface area contributed by atoms with E-state index in [9.17, 15) is 4.79 Å². The standard InChI is InChI=1S/C20H20Cl2N2O3/c1-26-13-20(25)24(11-14-6-2-4-8-17(14)21)12-15-10-19(23-27-15)16-7-3-5-9-18(16)22/h2-9,15H,10-13H2,1H3/t15-/m1/s1. The Balaban J connectivity index is 1.69. The zero-order valence-corrected chi connectivity index (χ0v) is 16.4. The first kappa shape index (κ1) is 19.7.